The van der Waals surface area contributed by atoms with E-state index < -0.39 is 0 Å². The maximum atomic E-state index is 9.57. The Hall–Kier alpha value is -1.11. The molecule has 2 fully saturated rings. The number of carbonyl (C=O) groups excluding carboxylic acids is 1. The second-order valence-corrected chi connectivity index (χ2v) is 4.16. The predicted molar refractivity (Wildman–Crippen MR) is 57.2 cm³/mol. The van der Waals surface area contributed by atoms with Gasteiger partial charge in [0, 0.05) is 5.92 Å². The predicted octanol–water partition coefficient (Wildman–Crippen LogP) is 3.16. The summed E-state index contributed by atoms with van der Waals surface area (Å²) in [5.41, 5.74) is 1.53. The fourth-order valence-electron chi connectivity index (χ4n) is 1.37. The smallest absolute Gasteiger partial charge is 0.123 e. The monoisotopic (exact) mass is 188 g/mol. The zero-order valence-electron chi connectivity index (χ0n) is 8.36. The van der Waals surface area contributed by atoms with Crippen molar-refractivity contribution in [3.05, 3.63) is 35.9 Å². The van der Waals surface area contributed by atoms with Gasteiger partial charge in [-0.2, -0.15) is 0 Å². The van der Waals surface area contributed by atoms with Crippen molar-refractivity contribution < 1.29 is 4.79 Å². The van der Waals surface area contributed by atoms with E-state index in [1.165, 1.54) is 18.4 Å². The van der Waals surface area contributed by atoms with Crippen LogP contribution in [-0.4, -0.2) is 6.29 Å². The highest BCUT2D eigenvalue weighted by Gasteiger charge is 2.22. The van der Waals surface area contributed by atoms with E-state index in [0.717, 1.165) is 25.0 Å². The quantitative estimate of drug-likeness (QED) is 0.651. The molecule has 1 aromatic rings. The first kappa shape index (κ1) is 9.45. The lowest BCUT2D eigenvalue weighted by molar-refractivity contribution is -0.108. The van der Waals surface area contributed by atoms with Gasteiger partial charge in [-0.3, -0.25) is 0 Å². The molecule has 0 bridgehead atoms. The zero-order valence-corrected chi connectivity index (χ0v) is 8.36. The van der Waals surface area contributed by atoms with E-state index in [0.29, 0.717) is 5.92 Å². The van der Waals surface area contributed by atoms with E-state index in [1.54, 1.807) is 0 Å². The third-order valence-electron chi connectivity index (χ3n) is 2.66. The molecule has 0 saturated heterocycles. The number of rotatable bonds is 2. The SMILES string of the molecule is O=CC1CC1.c1ccc(C2CC2)cc1. The van der Waals surface area contributed by atoms with E-state index in [9.17, 15) is 4.79 Å². The van der Waals surface area contributed by atoms with Crippen LogP contribution in [0.1, 0.15) is 37.2 Å². The molecule has 2 saturated carbocycles. The molecule has 74 valence electrons. The number of hydrogen-bond acceptors (Lipinski definition) is 1. The van der Waals surface area contributed by atoms with Crippen molar-refractivity contribution in [3.63, 3.8) is 0 Å². The number of carbonyl (C=O) groups is 1. The molecular weight excluding hydrogens is 172 g/mol. The lowest BCUT2D eigenvalue weighted by atomic mass is 10.1. The van der Waals surface area contributed by atoms with Gasteiger partial charge in [-0.05, 0) is 37.2 Å². The molecule has 0 amide bonds. The molecule has 1 nitrogen and oxygen atoms in total. The summed E-state index contributed by atoms with van der Waals surface area (Å²) >= 11 is 0. The van der Waals surface area contributed by atoms with Crippen LogP contribution in [0.25, 0.3) is 0 Å². The third-order valence-corrected chi connectivity index (χ3v) is 2.66. The second-order valence-electron chi connectivity index (χ2n) is 4.16. The van der Waals surface area contributed by atoms with E-state index in [4.69, 9.17) is 0 Å². The first-order chi connectivity index (χ1) is 6.90. The highest BCUT2D eigenvalue weighted by atomic mass is 16.1. The molecule has 2 aliphatic rings. The molecule has 1 aromatic carbocycles. The Morgan fingerprint density at radius 3 is 2.00 bits per heavy atom. The summed E-state index contributed by atoms with van der Waals surface area (Å²) in [6.45, 7) is 0. The van der Waals surface area contributed by atoms with Crippen LogP contribution in [0.5, 0.6) is 0 Å². The van der Waals surface area contributed by atoms with Gasteiger partial charge in [-0.15, -0.1) is 0 Å². The Balaban J connectivity index is 0.000000128. The molecule has 0 atom stereocenters. The second kappa shape index (κ2) is 4.41. The summed E-state index contributed by atoms with van der Waals surface area (Å²) in [5, 5.41) is 0. The van der Waals surface area contributed by atoms with Gasteiger partial charge in [0.2, 0.25) is 0 Å². The van der Waals surface area contributed by atoms with Gasteiger partial charge in [-0.25, -0.2) is 0 Å². The number of benzene rings is 1. The molecule has 14 heavy (non-hydrogen) atoms. The fraction of sp³-hybridized carbons (Fsp3) is 0.462. The maximum Gasteiger partial charge on any atom is 0.123 e. The molecule has 1 heteroatoms. The molecule has 0 unspecified atom stereocenters. The molecule has 0 aliphatic heterocycles. The molecule has 0 heterocycles. The summed E-state index contributed by atoms with van der Waals surface area (Å²) in [6, 6.07) is 10.8. The van der Waals surface area contributed by atoms with Crippen LogP contribution in [-0.2, 0) is 4.79 Å². The van der Waals surface area contributed by atoms with Crippen molar-refractivity contribution in [2.45, 2.75) is 31.6 Å². The molecule has 0 radical (unpaired) electrons. The topological polar surface area (TPSA) is 17.1 Å². The zero-order chi connectivity index (χ0) is 9.80. The molecule has 2 aliphatic carbocycles. The minimum atomic E-state index is 0.454. The lowest BCUT2D eigenvalue weighted by Crippen LogP contribution is -1.73. The van der Waals surface area contributed by atoms with E-state index in [-0.39, 0.29) is 0 Å². The summed E-state index contributed by atoms with van der Waals surface area (Å²) in [7, 11) is 0. The van der Waals surface area contributed by atoms with E-state index >= 15 is 0 Å². The molecule has 0 aromatic heterocycles. The normalized spacial score (nSPS) is 19.4. The molecular formula is C13H16O. The number of hydrogen-bond donors (Lipinski definition) is 0. The Bertz CT molecular complexity index is 283. The molecule has 3 rings (SSSR count). The van der Waals surface area contributed by atoms with Gasteiger partial charge < -0.3 is 4.79 Å². The highest BCUT2D eigenvalue weighted by molar-refractivity contribution is 5.56. The third kappa shape index (κ3) is 2.99. The van der Waals surface area contributed by atoms with Crippen LogP contribution in [0.3, 0.4) is 0 Å². The van der Waals surface area contributed by atoms with Crippen LogP contribution in [0.2, 0.25) is 0 Å². The van der Waals surface area contributed by atoms with Crippen molar-refractivity contribution in [1.29, 1.82) is 0 Å². The molecule has 0 spiro atoms. The van der Waals surface area contributed by atoms with Gasteiger partial charge in [0.15, 0.2) is 0 Å². The van der Waals surface area contributed by atoms with Crippen LogP contribution < -0.4 is 0 Å². The summed E-state index contributed by atoms with van der Waals surface area (Å²) < 4.78 is 0. The fourth-order valence-corrected chi connectivity index (χ4v) is 1.37. The standard InChI is InChI=1S/C9H10.C4H6O/c1-2-4-8(5-3-1)9-6-7-9;5-3-4-1-2-4/h1-5,9H,6-7H2;3-4H,1-2H2. The molecule has 0 N–H and O–H groups in total. The van der Waals surface area contributed by atoms with Gasteiger partial charge >= 0.3 is 0 Å². The van der Waals surface area contributed by atoms with Gasteiger partial charge in [0.25, 0.3) is 0 Å². The summed E-state index contributed by atoms with van der Waals surface area (Å²) in [5.74, 6) is 1.36. The van der Waals surface area contributed by atoms with Crippen molar-refractivity contribution in [2.24, 2.45) is 5.92 Å². The van der Waals surface area contributed by atoms with Crippen LogP contribution in [0.4, 0.5) is 0 Å². The van der Waals surface area contributed by atoms with Crippen molar-refractivity contribution in [3.8, 4) is 0 Å². The van der Waals surface area contributed by atoms with Crippen LogP contribution in [0.15, 0.2) is 30.3 Å². The Kier molecular flexibility index (Phi) is 2.97. The highest BCUT2D eigenvalue weighted by Crippen LogP contribution is 2.39. The maximum absolute atomic E-state index is 9.57. The average Bonchev–Trinajstić information content (AvgIpc) is 3.11. The van der Waals surface area contributed by atoms with Crippen LogP contribution in [0, 0.1) is 5.92 Å². The van der Waals surface area contributed by atoms with Crippen molar-refractivity contribution in [1.82, 2.24) is 0 Å². The first-order valence-electron chi connectivity index (χ1n) is 5.40. The summed E-state index contributed by atoms with van der Waals surface area (Å²) in [4.78, 5) is 9.57. The minimum absolute atomic E-state index is 0.454. The van der Waals surface area contributed by atoms with Gasteiger partial charge in [0.1, 0.15) is 6.29 Å². The lowest BCUT2D eigenvalue weighted by Gasteiger charge is -1.92. The Labute approximate surface area is 85.1 Å². The van der Waals surface area contributed by atoms with E-state index in [1.807, 2.05) is 0 Å². The van der Waals surface area contributed by atoms with E-state index in [2.05, 4.69) is 30.3 Å². The van der Waals surface area contributed by atoms with Gasteiger partial charge in [-0.1, -0.05) is 30.3 Å². The average molecular weight is 188 g/mol. The van der Waals surface area contributed by atoms with Crippen molar-refractivity contribution >= 4 is 6.29 Å². The number of aldehydes is 1. The Morgan fingerprint density at radius 1 is 1.00 bits per heavy atom. The summed E-state index contributed by atoms with van der Waals surface area (Å²) in [6.07, 6.45) is 6.13. The van der Waals surface area contributed by atoms with Crippen molar-refractivity contribution in [2.75, 3.05) is 0 Å². The first-order valence-corrected chi connectivity index (χ1v) is 5.40. The van der Waals surface area contributed by atoms with Gasteiger partial charge in [0.05, 0.1) is 0 Å². The van der Waals surface area contributed by atoms with Crippen LogP contribution >= 0.6 is 0 Å². The Morgan fingerprint density at radius 2 is 1.64 bits per heavy atom. The largest absolute Gasteiger partial charge is 0.303 e. The minimum Gasteiger partial charge on any atom is -0.303 e.